The maximum absolute atomic E-state index is 5.50. The molecule has 0 bridgehead atoms. The molecule has 1 heterocycles. The number of likely N-dealkylation sites (N-methyl/N-ethyl adjacent to an activating group) is 1. The van der Waals surface area contributed by atoms with E-state index in [2.05, 4.69) is 37.4 Å². The zero-order chi connectivity index (χ0) is 15.5. The van der Waals surface area contributed by atoms with Gasteiger partial charge in [0.1, 0.15) is 0 Å². The van der Waals surface area contributed by atoms with Crippen LogP contribution in [-0.2, 0) is 4.74 Å². The molecule has 0 amide bonds. The van der Waals surface area contributed by atoms with E-state index < -0.39 is 0 Å². The first kappa shape index (κ1) is 17.4. The highest BCUT2D eigenvalue weighted by Crippen LogP contribution is 2.10. The third kappa shape index (κ3) is 7.62. The fourth-order valence-electron chi connectivity index (χ4n) is 1.43. The Balaban J connectivity index is 2.39. The van der Waals surface area contributed by atoms with Crippen LogP contribution < -0.4 is 15.4 Å². The topological polar surface area (TPSA) is 84.4 Å². The highest BCUT2D eigenvalue weighted by molar-refractivity contribution is 5.35. The van der Waals surface area contributed by atoms with E-state index in [0.29, 0.717) is 37.7 Å². The van der Waals surface area contributed by atoms with Crippen molar-refractivity contribution >= 4 is 11.9 Å². The van der Waals surface area contributed by atoms with E-state index in [0.717, 1.165) is 19.5 Å². The molecule has 0 radical (unpaired) electrons. The summed E-state index contributed by atoms with van der Waals surface area (Å²) in [4.78, 5) is 14.6. The lowest BCUT2D eigenvalue weighted by Gasteiger charge is -2.11. The summed E-state index contributed by atoms with van der Waals surface area (Å²) in [5.41, 5.74) is 0. The summed E-state index contributed by atoms with van der Waals surface area (Å²) >= 11 is 0. The van der Waals surface area contributed by atoms with Crippen molar-refractivity contribution in [2.24, 2.45) is 0 Å². The molecular weight excluding hydrogens is 272 g/mol. The molecule has 21 heavy (non-hydrogen) atoms. The standard InChI is InChI=1S/C13H26N6O2/c1-5-6-14-11-16-12(18-13(17-11)20-4)15-7-9-21-10-8-19(2)3/h5-10H2,1-4H3,(H2,14,15,16,17,18). The van der Waals surface area contributed by atoms with E-state index in [4.69, 9.17) is 9.47 Å². The van der Waals surface area contributed by atoms with Crippen LogP contribution in [0, 0.1) is 0 Å². The van der Waals surface area contributed by atoms with E-state index in [1.54, 1.807) is 0 Å². The van der Waals surface area contributed by atoms with Gasteiger partial charge in [-0.2, -0.15) is 15.0 Å². The third-order valence-electron chi connectivity index (χ3n) is 2.54. The number of aromatic nitrogens is 3. The predicted octanol–water partition coefficient (Wildman–Crippen LogP) is 0.692. The highest BCUT2D eigenvalue weighted by Gasteiger charge is 2.05. The van der Waals surface area contributed by atoms with Gasteiger partial charge >= 0.3 is 6.01 Å². The molecule has 8 heteroatoms. The van der Waals surface area contributed by atoms with Crippen molar-refractivity contribution in [3.8, 4) is 6.01 Å². The molecule has 0 spiro atoms. The summed E-state index contributed by atoms with van der Waals surface area (Å²) in [5.74, 6) is 0.997. The van der Waals surface area contributed by atoms with Gasteiger partial charge in [0.2, 0.25) is 11.9 Å². The second kappa shape index (κ2) is 10.1. The van der Waals surface area contributed by atoms with Crippen LogP contribution in [0.5, 0.6) is 6.01 Å². The van der Waals surface area contributed by atoms with Gasteiger partial charge in [-0.1, -0.05) is 6.92 Å². The van der Waals surface area contributed by atoms with Crippen molar-refractivity contribution in [3.05, 3.63) is 0 Å². The van der Waals surface area contributed by atoms with Gasteiger partial charge in [0.05, 0.1) is 20.3 Å². The highest BCUT2D eigenvalue weighted by atomic mass is 16.5. The molecule has 0 aliphatic carbocycles. The van der Waals surface area contributed by atoms with Gasteiger partial charge < -0.3 is 25.0 Å². The van der Waals surface area contributed by atoms with E-state index >= 15 is 0 Å². The number of ether oxygens (including phenoxy) is 2. The van der Waals surface area contributed by atoms with Crippen molar-refractivity contribution in [3.63, 3.8) is 0 Å². The van der Waals surface area contributed by atoms with Gasteiger partial charge in [0.15, 0.2) is 0 Å². The van der Waals surface area contributed by atoms with Crippen LogP contribution in [0.4, 0.5) is 11.9 Å². The van der Waals surface area contributed by atoms with Crippen LogP contribution in [0.25, 0.3) is 0 Å². The Morgan fingerprint density at radius 1 is 1.00 bits per heavy atom. The minimum atomic E-state index is 0.291. The van der Waals surface area contributed by atoms with Gasteiger partial charge in [-0.25, -0.2) is 0 Å². The molecule has 1 rings (SSSR count). The maximum Gasteiger partial charge on any atom is 0.322 e. The molecular formula is C13H26N6O2. The number of nitrogens with zero attached hydrogens (tertiary/aromatic N) is 4. The number of hydrogen-bond acceptors (Lipinski definition) is 8. The molecule has 0 fully saturated rings. The average Bonchev–Trinajstić information content (AvgIpc) is 2.48. The normalized spacial score (nSPS) is 10.7. The van der Waals surface area contributed by atoms with Crippen molar-refractivity contribution in [2.75, 3.05) is 64.7 Å². The van der Waals surface area contributed by atoms with E-state index in [1.165, 1.54) is 7.11 Å². The first-order valence-electron chi connectivity index (χ1n) is 7.16. The smallest absolute Gasteiger partial charge is 0.322 e. The van der Waals surface area contributed by atoms with Crippen molar-refractivity contribution in [1.29, 1.82) is 0 Å². The van der Waals surface area contributed by atoms with Gasteiger partial charge in [0, 0.05) is 19.6 Å². The molecule has 0 aromatic carbocycles. The number of hydrogen-bond donors (Lipinski definition) is 2. The largest absolute Gasteiger partial charge is 0.467 e. The quantitative estimate of drug-likeness (QED) is 0.577. The Bertz CT molecular complexity index is 402. The molecule has 0 saturated carbocycles. The lowest BCUT2D eigenvalue weighted by Crippen LogP contribution is -2.20. The Kier molecular flexibility index (Phi) is 8.37. The minimum Gasteiger partial charge on any atom is -0.467 e. The van der Waals surface area contributed by atoms with Gasteiger partial charge in [-0.15, -0.1) is 0 Å². The van der Waals surface area contributed by atoms with Crippen LogP contribution >= 0.6 is 0 Å². The molecule has 0 saturated heterocycles. The fraction of sp³-hybridized carbons (Fsp3) is 0.769. The summed E-state index contributed by atoms with van der Waals surface area (Å²) in [7, 11) is 5.57. The molecule has 1 aromatic rings. The molecule has 0 atom stereocenters. The van der Waals surface area contributed by atoms with Crippen LogP contribution in [0.1, 0.15) is 13.3 Å². The van der Waals surface area contributed by atoms with Crippen LogP contribution in [0.3, 0.4) is 0 Å². The fourth-order valence-corrected chi connectivity index (χ4v) is 1.43. The lowest BCUT2D eigenvalue weighted by molar-refractivity contribution is 0.126. The molecule has 0 aliphatic heterocycles. The van der Waals surface area contributed by atoms with E-state index in [-0.39, 0.29) is 0 Å². The summed E-state index contributed by atoms with van der Waals surface area (Å²) < 4.78 is 10.6. The second-order valence-electron chi connectivity index (χ2n) is 4.74. The van der Waals surface area contributed by atoms with Crippen LogP contribution in [0.2, 0.25) is 0 Å². The van der Waals surface area contributed by atoms with Crippen molar-refractivity contribution in [1.82, 2.24) is 19.9 Å². The minimum absolute atomic E-state index is 0.291. The van der Waals surface area contributed by atoms with E-state index in [9.17, 15) is 0 Å². The molecule has 0 aliphatic rings. The molecule has 1 aromatic heterocycles. The monoisotopic (exact) mass is 298 g/mol. The van der Waals surface area contributed by atoms with Gasteiger partial charge in [-0.3, -0.25) is 0 Å². The van der Waals surface area contributed by atoms with Gasteiger partial charge in [-0.05, 0) is 20.5 Å². The number of rotatable bonds is 11. The predicted molar refractivity (Wildman–Crippen MR) is 83.0 cm³/mol. The molecule has 8 nitrogen and oxygen atoms in total. The Labute approximate surface area is 126 Å². The number of anilines is 2. The SMILES string of the molecule is CCCNc1nc(NCCOCCN(C)C)nc(OC)n1. The molecule has 120 valence electrons. The third-order valence-corrected chi connectivity index (χ3v) is 2.54. The van der Waals surface area contributed by atoms with E-state index in [1.807, 2.05) is 14.1 Å². The maximum atomic E-state index is 5.50. The Hall–Kier alpha value is -1.67. The lowest BCUT2D eigenvalue weighted by atomic mass is 10.5. The van der Waals surface area contributed by atoms with Gasteiger partial charge in [0.25, 0.3) is 0 Å². The Morgan fingerprint density at radius 3 is 2.24 bits per heavy atom. The average molecular weight is 298 g/mol. The Morgan fingerprint density at radius 2 is 1.67 bits per heavy atom. The summed E-state index contributed by atoms with van der Waals surface area (Å²) in [6, 6.07) is 0.291. The first-order valence-corrected chi connectivity index (χ1v) is 7.16. The first-order chi connectivity index (χ1) is 10.2. The summed E-state index contributed by atoms with van der Waals surface area (Å²) in [5, 5.41) is 6.22. The summed E-state index contributed by atoms with van der Waals surface area (Å²) in [6.45, 7) is 5.73. The molecule has 0 unspecified atom stereocenters. The van der Waals surface area contributed by atoms with Crippen molar-refractivity contribution < 1.29 is 9.47 Å². The van der Waals surface area contributed by atoms with Crippen LogP contribution in [-0.4, -0.2) is 73.9 Å². The van der Waals surface area contributed by atoms with Crippen molar-refractivity contribution in [2.45, 2.75) is 13.3 Å². The number of methoxy groups -OCH3 is 1. The molecule has 2 N–H and O–H groups in total. The number of nitrogens with one attached hydrogen (secondary N) is 2. The second-order valence-corrected chi connectivity index (χ2v) is 4.74. The summed E-state index contributed by atoms with van der Waals surface area (Å²) in [6.07, 6.45) is 0.997. The zero-order valence-corrected chi connectivity index (χ0v) is 13.3. The van der Waals surface area contributed by atoms with Crippen LogP contribution in [0.15, 0.2) is 0 Å². The zero-order valence-electron chi connectivity index (χ0n) is 13.3.